The fourth-order valence-corrected chi connectivity index (χ4v) is 0.101. The van der Waals surface area contributed by atoms with Gasteiger partial charge in [0.15, 0.2) is 0 Å². The van der Waals surface area contributed by atoms with Crippen LogP contribution < -0.4 is 0 Å². The van der Waals surface area contributed by atoms with E-state index in [0.717, 1.165) is 0 Å². The third kappa shape index (κ3) is 2.62. The molecule has 0 fully saturated rings. The Morgan fingerprint density at radius 3 is 2.43 bits per heavy atom. The molecule has 44 valence electrons. The first-order valence-corrected chi connectivity index (χ1v) is 2.88. The van der Waals surface area contributed by atoms with Crippen LogP contribution in [0.2, 0.25) is 4.14 Å². The fourth-order valence-electron chi connectivity index (χ4n) is 0.101. The molecule has 0 aromatic rings. The van der Waals surface area contributed by atoms with Crippen LogP contribution in [0.15, 0.2) is 12.7 Å². The van der Waals surface area contributed by atoms with Crippen molar-refractivity contribution in [2.75, 3.05) is 0 Å². The summed E-state index contributed by atoms with van der Waals surface area (Å²) in [5.74, 6) is -0.849. The molecule has 0 heterocycles. The number of carbonyl (C=O) groups is 1. The normalized spacial score (nSPS) is 12.9. The summed E-state index contributed by atoms with van der Waals surface area (Å²) in [7, 11) is 0. The van der Waals surface area contributed by atoms with Crippen molar-refractivity contribution < 1.29 is 31.0 Å². The van der Waals surface area contributed by atoms with E-state index in [1.165, 1.54) is 6.08 Å². The van der Waals surface area contributed by atoms with Gasteiger partial charge in [-0.05, 0) is 0 Å². The number of rotatable bonds is 2. The van der Waals surface area contributed by atoms with E-state index in [0.29, 0.717) is 0 Å². The first-order chi connectivity index (χ1) is 3.18. The quantitative estimate of drug-likeness (QED) is 0.594. The van der Waals surface area contributed by atoms with Gasteiger partial charge in [-0.25, -0.2) is 0 Å². The second-order valence-electron chi connectivity index (χ2n) is 0.928. The van der Waals surface area contributed by atoms with Gasteiger partial charge in [-0.3, -0.25) is 0 Å². The molecule has 0 aromatic carbocycles. The molecule has 0 rings (SSSR count). The van der Waals surface area contributed by atoms with E-state index in [1.807, 2.05) is 21.1 Å². The monoisotopic (exact) mass is 282 g/mol. The van der Waals surface area contributed by atoms with Gasteiger partial charge in [-0.2, -0.15) is 0 Å². The van der Waals surface area contributed by atoms with E-state index in [-0.39, 0.29) is 0 Å². The number of hydrogen-bond acceptors (Lipinski definition) is 1. The van der Waals surface area contributed by atoms with E-state index in [4.69, 9.17) is 5.11 Å². The van der Waals surface area contributed by atoms with E-state index in [9.17, 15) is 4.79 Å². The number of carboxylic acids is 1. The first kappa shape index (κ1) is 6.95. The molecular weight excluding hydrogens is 277 g/mol. The minimum atomic E-state index is -0.849. The molecule has 0 aliphatic rings. The van der Waals surface area contributed by atoms with Gasteiger partial charge in [0.05, 0.1) is 0 Å². The Kier molecular flexibility index (Phi) is 3.00. The molecule has 0 amide bonds. The zero-order valence-corrected chi connectivity index (χ0v) is 5.69. The Labute approximate surface area is 54.1 Å². The van der Waals surface area contributed by atoms with E-state index in [1.54, 1.807) is 0 Å². The zero-order valence-electron chi connectivity index (χ0n) is 3.52. The van der Waals surface area contributed by atoms with Crippen LogP contribution in [0.1, 0.15) is 0 Å². The Bertz CT molecular complexity index is 89.7. The zero-order chi connectivity index (χ0) is 5.86. The molecule has 1 atom stereocenters. The Morgan fingerprint density at radius 2 is 2.43 bits per heavy atom. The summed E-state index contributed by atoms with van der Waals surface area (Å²) in [6, 6.07) is 0. The molecule has 3 heteroatoms. The van der Waals surface area contributed by atoms with Crippen LogP contribution in [0.4, 0.5) is 0 Å². The second kappa shape index (κ2) is 3.02. The predicted octanol–water partition coefficient (Wildman–Crippen LogP) is 0.592. The van der Waals surface area contributed by atoms with Crippen molar-refractivity contribution >= 4 is 5.97 Å². The maximum atomic E-state index is 9.85. The van der Waals surface area contributed by atoms with Gasteiger partial charge in [0, 0.05) is 0 Å². The number of carboxylic acid groups (broad SMARTS) is 1. The summed E-state index contributed by atoms with van der Waals surface area (Å²) < 4.78 is -0.472. The molecule has 2 nitrogen and oxygen atoms in total. The van der Waals surface area contributed by atoms with Gasteiger partial charge >= 0.3 is 53.7 Å². The molecule has 1 unspecified atom stereocenters. The summed E-state index contributed by atoms with van der Waals surface area (Å²) in [5, 5.41) is 8.10. The molecule has 0 aromatic heterocycles. The van der Waals surface area contributed by atoms with E-state index >= 15 is 0 Å². The third-order valence-corrected chi connectivity index (χ3v) is 1.45. The van der Waals surface area contributed by atoms with E-state index < -0.39 is 10.1 Å². The van der Waals surface area contributed by atoms with Crippen molar-refractivity contribution in [3.63, 3.8) is 0 Å². The average Bonchev–Trinajstić information content (AvgIpc) is 1.65. The van der Waals surface area contributed by atoms with Crippen LogP contribution in [0, 0.1) is 0 Å². The van der Waals surface area contributed by atoms with Crippen LogP contribution in [-0.2, 0) is 25.9 Å². The van der Waals surface area contributed by atoms with Gasteiger partial charge < -0.3 is 0 Å². The molecule has 0 aliphatic heterocycles. The summed E-state index contributed by atoms with van der Waals surface area (Å²) in [6.07, 6.45) is 1.37. The van der Waals surface area contributed by atoms with Gasteiger partial charge in [0.2, 0.25) is 0 Å². The van der Waals surface area contributed by atoms with Crippen molar-refractivity contribution in [1.82, 2.24) is 0 Å². The Balaban J connectivity index is 3.55. The van der Waals surface area contributed by atoms with Crippen LogP contribution >= 0.6 is 0 Å². The Hall–Kier alpha value is -0.0497. The molecule has 0 saturated carbocycles. The third-order valence-electron chi connectivity index (χ3n) is 0.406. The van der Waals surface area contributed by atoms with Crippen molar-refractivity contribution in [2.24, 2.45) is 0 Å². The maximum absolute atomic E-state index is 9.85. The van der Waals surface area contributed by atoms with E-state index in [2.05, 4.69) is 6.58 Å². The van der Waals surface area contributed by atoms with Crippen molar-refractivity contribution in [2.45, 2.75) is 4.14 Å². The second-order valence-corrected chi connectivity index (χ2v) is 2.28. The van der Waals surface area contributed by atoms with Crippen LogP contribution in [0.3, 0.4) is 0 Å². The van der Waals surface area contributed by atoms with Crippen molar-refractivity contribution in [3.05, 3.63) is 12.7 Å². The molecule has 0 spiro atoms. The molecular formula is C4H5AuO2. The summed E-state index contributed by atoms with van der Waals surface area (Å²) >= 11 is 1.95. The number of aliphatic carboxylic acids is 1. The summed E-state index contributed by atoms with van der Waals surface area (Å²) in [5.41, 5.74) is 0. The summed E-state index contributed by atoms with van der Waals surface area (Å²) in [6.45, 7) is 3.29. The molecule has 0 saturated heterocycles. The molecule has 0 radical (unpaired) electrons. The molecule has 1 N–H and O–H groups in total. The average molecular weight is 282 g/mol. The van der Waals surface area contributed by atoms with Crippen LogP contribution in [0.25, 0.3) is 0 Å². The van der Waals surface area contributed by atoms with Crippen molar-refractivity contribution in [1.29, 1.82) is 0 Å². The molecule has 7 heavy (non-hydrogen) atoms. The fraction of sp³-hybridized carbons (Fsp3) is 0.250. The van der Waals surface area contributed by atoms with Gasteiger partial charge in [-0.1, -0.05) is 0 Å². The van der Waals surface area contributed by atoms with Gasteiger partial charge in [0.25, 0.3) is 0 Å². The minimum absolute atomic E-state index is 0.472. The molecule has 0 aliphatic carbocycles. The van der Waals surface area contributed by atoms with Crippen LogP contribution in [0.5, 0.6) is 0 Å². The van der Waals surface area contributed by atoms with Gasteiger partial charge in [-0.15, -0.1) is 0 Å². The summed E-state index contributed by atoms with van der Waals surface area (Å²) in [4.78, 5) is 9.85. The number of hydrogen-bond donors (Lipinski definition) is 1. The van der Waals surface area contributed by atoms with Crippen molar-refractivity contribution in [3.8, 4) is 0 Å². The standard InChI is InChI=1S/C4H5O2.Au/c1-2-3-4(5)6;/h2-3H,1H2,(H,5,6);. The first-order valence-electron chi connectivity index (χ1n) is 1.63. The SMILES string of the molecule is C=C[CH]([Au])C(=O)O. The molecule has 0 bridgehead atoms. The van der Waals surface area contributed by atoms with Gasteiger partial charge in [0.1, 0.15) is 0 Å². The topological polar surface area (TPSA) is 37.3 Å². The predicted molar refractivity (Wildman–Crippen MR) is 21.6 cm³/mol. The van der Waals surface area contributed by atoms with Crippen LogP contribution in [-0.4, -0.2) is 11.1 Å². The Morgan fingerprint density at radius 1 is 2.00 bits per heavy atom.